The normalized spacial score (nSPS) is 12.1. The monoisotopic (exact) mass is 417 g/mol. The van der Waals surface area contributed by atoms with Crippen LogP contribution in [-0.2, 0) is 4.74 Å². The van der Waals surface area contributed by atoms with Crippen molar-refractivity contribution in [3.8, 4) is 16.3 Å². The first-order valence-corrected chi connectivity index (χ1v) is 10.7. The Balaban J connectivity index is 1.53. The second-order valence-electron chi connectivity index (χ2n) is 7.41. The van der Waals surface area contributed by atoms with Crippen LogP contribution in [0, 0.1) is 5.92 Å². The molecule has 3 aromatic carbocycles. The number of rotatable bonds is 6. The van der Waals surface area contributed by atoms with Crippen molar-refractivity contribution >= 4 is 27.5 Å². The molecule has 152 valence electrons. The lowest BCUT2D eigenvalue weighted by Crippen LogP contribution is -2.14. The standard InChI is InChI=1S/C25H23NO3S/c1-16(2)23(17-8-10-19(11-9-17)25(27)28-3)29-20-14-12-18(13-15-20)24-26-21-6-4-5-7-22(21)30-24/h4-16,23H,1-3H3. The Morgan fingerprint density at radius 3 is 2.27 bits per heavy atom. The average molecular weight is 418 g/mol. The summed E-state index contributed by atoms with van der Waals surface area (Å²) in [6.07, 6.45) is -0.120. The molecule has 0 aliphatic rings. The molecule has 30 heavy (non-hydrogen) atoms. The molecule has 0 N–H and O–H groups in total. The molecule has 0 fully saturated rings. The molecule has 5 heteroatoms. The Morgan fingerprint density at radius 1 is 0.933 bits per heavy atom. The molecule has 0 aliphatic heterocycles. The van der Waals surface area contributed by atoms with Crippen molar-refractivity contribution < 1.29 is 14.3 Å². The van der Waals surface area contributed by atoms with Gasteiger partial charge in [-0.05, 0) is 60.0 Å². The van der Waals surface area contributed by atoms with Crippen LogP contribution in [0.1, 0.15) is 35.9 Å². The van der Waals surface area contributed by atoms with Gasteiger partial charge in [-0.15, -0.1) is 11.3 Å². The average Bonchev–Trinajstić information content (AvgIpc) is 3.21. The van der Waals surface area contributed by atoms with Crippen molar-refractivity contribution in [3.63, 3.8) is 0 Å². The van der Waals surface area contributed by atoms with Gasteiger partial charge < -0.3 is 9.47 Å². The van der Waals surface area contributed by atoms with E-state index in [4.69, 9.17) is 14.5 Å². The molecule has 0 aliphatic carbocycles. The highest BCUT2D eigenvalue weighted by molar-refractivity contribution is 7.21. The maximum absolute atomic E-state index is 11.7. The molecule has 0 bridgehead atoms. The number of nitrogens with zero attached hydrogens (tertiary/aromatic N) is 1. The van der Waals surface area contributed by atoms with Crippen LogP contribution in [0.5, 0.6) is 5.75 Å². The summed E-state index contributed by atoms with van der Waals surface area (Å²) >= 11 is 1.69. The van der Waals surface area contributed by atoms with Gasteiger partial charge in [0.05, 0.1) is 22.9 Å². The first-order chi connectivity index (χ1) is 14.5. The van der Waals surface area contributed by atoms with Crippen LogP contribution in [-0.4, -0.2) is 18.1 Å². The predicted octanol–water partition coefficient (Wildman–Crippen LogP) is 6.53. The lowest BCUT2D eigenvalue weighted by molar-refractivity contribution is 0.0600. The first kappa shape index (κ1) is 20.1. The van der Waals surface area contributed by atoms with E-state index in [1.165, 1.54) is 11.8 Å². The fourth-order valence-corrected chi connectivity index (χ4v) is 4.31. The largest absolute Gasteiger partial charge is 0.485 e. The van der Waals surface area contributed by atoms with Crippen molar-refractivity contribution in [3.05, 3.63) is 83.9 Å². The zero-order chi connectivity index (χ0) is 21.1. The summed E-state index contributed by atoms with van der Waals surface area (Å²) in [5.41, 5.74) is 3.65. The van der Waals surface area contributed by atoms with Crippen LogP contribution in [0.2, 0.25) is 0 Å². The molecule has 1 unspecified atom stereocenters. The predicted molar refractivity (Wildman–Crippen MR) is 121 cm³/mol. The molecular weight excluding hydrogens is 394 g/mol. The van der Waals surface area contributed by atoms with E-state index < -0.39 is 0 Å². The van der Waals surface area contributed by atoms with E-state index in [1.807, 2.05) is 54.6 Å². The Morgan fingerprint density at radius 2 is 1.63 bits per heavy atom. The van der Waals surface area contributed by atoms with Gasteiger partial charge in [0.1, 0.15) is 16.9 Å². The Labute approximate surface area is 180 Å². The number of thiazole rings is 1. The first-order valence-electron chi connectivity index (χ1n) is 9.86. The molecule has 0 spiro atoms. The molecule has 1 aromatic heterocycles. The van der Waals surface area contributed by atoms with Gasteiger partial charge in [-0.25, -0.2) is 9.78 Å². The van der Waals surface area contributed by atoms with Gasteiger partial charge in [0, 0.05) is 5.56 Å². The van der Waals surface area contributed by atoms with E-state index >= 15 is 0 Å². The number of benzene rings is 3. The summed E-state index contributed by atoms with van der Waals surface area (Å²) in [5, 5.41) is 1.00. The summed E-state index contributed by atoms with van der Waals surface area (Å²) in [7, 11) is 1.38. The van der Waals surface area contributed by atoms with Gasteiger partial charge in [0.2, 0.25) is 0 Å². The van der Waals surface area contributed by atoms with Crippen molar-refractivity contribution in [1.82, 2.24) is 4.98 Å². The fourth-order valence-electron chi connectivity index (χ4n) is 3.33. The van der Waals surface area contributed by atoms with Gasteiger partial charge in [0.15, 0.2) is 0 Å². The molecule has 1 heterocycles. The van der Waals surface area contributed by atoms with E-state index in [9.17, 15) is 4.79 Å². The minimum Gasteiger partial charge on any atom is -0.485 e. The van der Waals surface area contributed by atoms with E-state index in [2.05, 4.69) is 19.9 Å². The second kappa shape index (κ2) is 8.67. The van der Waals surface area contributed by atoms with Gasteiger partial charge in [-0.3, -0.25) is 0 Å². The Hall–Kier alpha value is -3.18. The van der Waals surface area contributed by atoms with Crippen molar-refractivity contribution in [2.24, 2.45) is 5.92 Å². The molecule has 4 nitrogen and oxygen atoms in total. The third-order valence-electron chi connectivity index (χ3n) is 4.92. The summed E-state index contributed by atoms with van der Waals surface area (Å²) in [6, 6.07) is 23.6. The number of esters is 1. The smallest absolute Gasteiger partial charge is 0.337 e. The summed E-state index contributed by atoms with van der Waals surface area (Å²) in [6.45, 7) is 4.24. The lowest BCUT2D eigenvalue weighted by atomic mass is 9.97. The molecule has 0 saturated carbocycles. The van der Waals surface area contributed by atoms with E-state index in [0.717, 1.165) is 27.4 Å². The number of para-hydroxylation sites is 1. The number of carbonyl (C=O) groups is 1. The number of fused-ring (bicyclic) bond motifs is 1. The maximum atomic E-state index is 11.7. The quantitative estimate of drug-likeness (QED) is 0.335. The molecule has 0 amide bonds. The van der Waals surface area contributed by atoms with Gasteiger partial charge in [0.25, 0.3) is 0 Å². The van der Waals surface area contributed by atoms with Crippen LogP contribution in [0.3, 0.4) is 0 Å². The third-order valence-corrected chi connectivity index (χ3v) is 6.01. The number of carbonyl (C=O) groups excluding carboxylic acids is 1. The van der Waals surface area contributed by atoms with E-state index in [-0.39, 0.29) is 18.0 Å². The van der Waals surface area contributed by atoms with Crippen LogP contribution in [0.4, 0.5) is 0 Å². The molecular formula is C25H23NO3S. The number of hydrogen-bond donors (Lipinski definition) is 0. The minimum absolute atomic E-state index is 0.120. The van der Waals surface area contributed by atoms with Gasteiger partial charge in [-0.1, -0.05) is 38.1 Å². The Bertz CT molecular complexity index is 1110. The highest BCUT2D eigenvalue weighted by Gasteiger charge is 2.19. The molecule has 0 radical (unpaired) electrons. The maximum Gasteiger partial charge on any atom is 0.337 e. The fraction of sp³-hybridized carbons (Fsp3) is 0.200. The summed E-state index contributed by atoms with van der Waals surface area (Å²) in [5.74, 6) is 0.725. The number of ether oxygens (including phenoxy) is 2. The van der Waals surface area contributed by atoms with E-state index in [1.54, 1.807) is 23.5 Å². The zero-order valence-electron chi connectivity index (χ0n) is 17.2. The number of hydrogen-bond acceptors (Lipinski definition) is 5. The third kappa shape index (κ3) is 4.21. The number of methoxy groups -OCH3 is 1. The molecule has 4 rings (SSSR count). The molecule has 0 saturated heterocycles. The van der Waals surface area contributed by atoms with Crippen molar-refractivity contribution in [2.75, 3.05) is 7.11 Å². The SMILES string of the molecule is COC(=O)c1ccc(C(Oc2ccc(-c3nc4ccccc4s3)cc2)C(C)C)cc1. The van der Waals surface area contributed by atoms with Crippen molar-refractivity contribution in [1.29, 1.82) is 0 Å². The van der Waals surface area contributed by atoms with Crippen LogP contribution >= 0.6 is 11.3 Å². The lowest BCUT2D eigenvalue weighted by Gasteiger charge is -2.23. The van der Waals surface area contributed by atoms with Crippen LogP contribution < -0.4 is 4.74 Å². The summed E-state index contributed by atoms with van der Waals surface area (Å²) < 4.78 is 12.3. The highest BCUT2D eigenvalue weighted by atomic mass is 32.1. The second-order valence-corrected chi connectivity index (χ2v) is 8.44. The highest BCUT2D eigenvalue weighted by Crippen LogP contribution is 2.33. The van der Waals surface area contributed by atoms with Crippen molar-refractivity contribution in [2.45, 2.75) is 20.0 Å². The summed E-state index contributed by atoms with van der Waals surface area (Å²) in [4.78, 5) is 16.4. The number of aromatic nitrogens is 1. The van der Waals surface area contributed by atoms with Gasteiger partial charge in [-0.2, -0.15) is 0 Å². The van der Waals surface area contributed by atoms with E-state index in [0.29, 0.717) is 5.56 Å². The van der Waals surface area contributed by atoms with Gasteiger partial charge >= 0.3 is 5.97 Å². The molecule has 1 atom stereocenters. The topological polar surface area (TPSA) is 48.4 Å². The van der Waals surface area contributed by atoms with Crippen LogP contribution in [0.15, 0.2) is 72.8 Å². The van der Waals surface area contributed by atoms with Crippen LogP contribution in [0.25, 0.3) is 20.8 Å². The minimum atomic E-state index is -0.339. The zero-order valence-corrected chi connectivity index (χ0v) is 18.0. The Kier molecular flexibility index (Phi) is 5.81. The molecule has 4 aromatic rings.